The van der Waals surface area contributed by atoms with Crippen LogP contribution in [0.4, 0.5) is 10.1 Å². The summed E-state index contributed by atoms with van der Waals surface area (Å²) in [5.41, 5.74) is 5.18. The Morgan fingerprint density at radius 3 is 2.70 bits per heavy atom. The van der Waals surface area contributed by atoms with Crippen molar-refractivity contribution in [2.24, 2.45) is 5.73 Å². The maximum atomic E-state index is 13.6. The van der Waals surface area contributed by atoms with E-state index >= 15 is 0 Å². The number of benzene rings is 1. The zero-order valence-electron chi connectivity index (χ0n) is 10.1. The van der Waals surface area contributed by atoms with Crippen LogP contribution in [-0.4, -0.2) is 16.8 Å². The Labute approximate surface area is 122 Å². The van der Waals surface area contributed by atoms with Gasteiger partial charge in [-0.25, -0.2) is 9.37 Å². The molecule has 102 valence electrons. The summed E-state index contributed by atoms with van der Waals surface area (Å²) in [7, 11) is 0. The molecule has 0 spiro atoms. The highest BCUT2D eigenvalue weighted by Gasteiger charge is 2.14. The van der Waals surface area contributed by atoms with E-state index in [-0.39, 0.29) is 16.9 Å². The molecule has 0 fully saturated rings. The predicted molar refractivity (Wildman–Crippen MR) is 74.8 cm³/mol. The molecule has 0 saturated heterocycles. The first-order valence-corrected chi connectivity index (χ1v) is 6.29. The molecule has 5 nitrogen and oxygen atoms in total. The van der Waals surface area contributed by atoms with E-state index in [9.17, 15) is 14.0 Å². The average Bonchev–Trinajstić information content (AvgIpc) is 2.41. The van der Waals surface area contributed by atoms with Gasteiger partial charge in [0.05, 0.1) is 5.69 Å². The summed E-state index contributed by atoms with van der Waals surface area (Å²) in [5.74, 6) is -1.98. The van der Waals surface area contributed by atoms with Crippen LogP contribution in [-0.2, 0) is 0 Å². The van der Waals surface area contributed by atoms with E-state index in [2.05, 4.69) is 26.2 Å². The fourth-order valence-corrected chi connectivity index (χ4v) is 1.94. The van der Waals surface area contributed by atoms with Crippen LogP contribution in [0.15, 0.2) is 41.0 Å². The van der Waals surface area contributed by atoms with Crippen molar-refractivity contribution in [3.63, 3.8) is 0 Å². The molecule has 0 saturated carbocycles. The van der Waals surface area contributed by atoms with Crippen molar-refractivity contribution < 1.29 is 14.0 Å². The Morgan fingerprint density at radius 2 is 2.05 bits per heavy atom. The Balaban J connectivity index is 2.30. The average molecular weight is 338 g/mol. The molecule has 0 bridgehead atoms. The predicted octanol–water partition coefficient (Wildman–Crippen LogP) is 2.33. The Hall–Kier alpha value is -2.28. The molecule has 1 aromatic heterocycles. The van der Waals surface area contributed by atoms with E-state index in [0.29, 0.717) is 4.47 Å². The van der Waals surface area contributed by atoms with E-state index in [0.717, 1.165) is 6.07 Å². The number of rotatable bonds is 3. The molecule has 0 unspecified atom stereocenters. The second-order valence-electron chi connectivity index (χ2n) is 3.85. The Kier molecular flexibility index (Phi) is 4.09. The lowest BCUT2D eigenvalue weighted by Crippen LogP contribution is -2.17. The van der Waals surface area contributed by atoms with Gasteiger partial charge in [0.2, 0.25) is 5.91 Å². The lowest BCUT2D eigenvalue weighted by Gasteiger charge is -2.08. The molecule has 2 amide bonds. The summed E-state index contributed by atoms with van der Waals surface area (Å²) in [5, 5.41) is 2.35. The zero-order chi connectivity index (χ0) is 14.7. The van der Waals surface area contributed by atoms with Crippen molar-refractivity contribution in [1.29, 1.82) is 0 Å². The fourth-order valence-electron chi connectivity index (χ4n) is 1.51. The van der Waals surface area contributed by atoms with Gasteiger partial charge in [0, 0.05) is 16.2 Å². The molecule has 2 rings (SSSR count). The number of amides is 2. The highest BCUT2D eigenvalue weighted by Crippen LogP contribution is 2.19. The Morgan fingerprint density at radius 1 is 1.30 bits per heavy atom. The monoisotopic (exact) mass is 337 g/mol. The Bertz CT molecular complexity index is 691. The van der Waals surface area contributed by atoms with Gasteiger partial charge in [-0.2, -0.15) is 0 Å². The normalized spacial score (nSPS) is 10.1. The number of halogens is 2. The molecule has 3 N–H and O–H groups in total. The molecule has 0 aliphatic rings. The molecule has 0 aliphatic heterocycles. The van der Waals surface area contributed by atoms with Crippen LogP contribution < -0.4 is 11.1 Å². The van der Waals surface area contributed by atoms with Gasteiger partial charge in [-0.1, -0.05) is 0 Å². The number of aromatic nitrogens is 1. The van der Waals surface area contributed by atoms with Crippen LogP contribution >= 0.6 is 15.9 Å². The summed E-state index contributed by atoms with van der Waals surface area (Å²) in [6.45, 7) is 0. The number of carbonyl (C=O) groups is 2. The third-order valence-corrected chi connectivity index (χ3v) is 3.11. The van der Waals surface area contributed by atoms with Crippen molar-refractivity contribution in [2.45, 2.75) is 0 Å². The number of carbonyl (C=O) groups excluding carboxylic acids is 2. The van der Waals surface area contributed by atoms with Crippen molar-refractivity contribution in [3.05, 3.63) is 58.1 Å². The van der Waals surface area contributed by atoms with Crippen LogP contribution in [0.3, 0.4) is 0 Å². The topological polar surface area (TPSA) is 85.1 Å². The number of hydrogen-bond donors (Lipinski definition) is 2. The molecule has 0 radical (unpaired) electrons. The van der Waals surface area contributed by atoms with Gasteiger partial charge in [-0.05, 0) is 46.3 Å². The van der Waals surface area contributed by atoms with Crippen LogP contribution in [0.5, 0.6) is 0 Å². The minimum atomic E-state index is -0.709. The molecule has 7 heteroatoms. The zero-order valence-corrected chi connectivity index (χ0v) is 11.6. The number of nitrogens with two attached hydrogens (primary N) is 1. The summed E-state index contributed by atoms with van der Waals surface area (Å²) in [4.78, 5) is 26.9. The molecular weight excluding hydrogens is 329 g/mol. The summed E-state index contributed by atoms with van der Waals surface area (Å²) in [6, 6.07) is 6.76. The van der Waals surface area contributed by atoms with Crippen LogP contribution in [0.1, 0.15) is 20.8 Å². The van der Waals surface area contributed by atoms with Gasteiger partial charge in [-0.3, -0.25) is 9.59 Å². The van der Waals surface area contributed by atoms with Crippen LogP contribution in [0, 0.1) is 5.82 Å². The van der Waals surface area contributed by atoms with E-state index in [1.807, 2.05) is 0 Å². The standard InChI is InChI=1S/C13H9BrFN3O2/c14-8-2-1-5-17-11(8)13(20)18-10-6-7(12(16)19)3-4-9(10)15/h1-6H,(H2,16,19)(H,18,20). The minimum absolute atomic E-state index is 0.0989. The summed E-state index contributed by atoms with van der Waals surface area (Å²) < 4.78 is 14.1. The third kappa shape index (κ3) is 3.00. The molecule has 2 aromatic rings. The van der Waals surface area contributed by atoms with E-state index < -0.39 is 17.6 Å². The number of nitrogens with zero attached hydrogens (tertiary/aromatic N) is 1. The third-order valence-electron chi connectivity index (χ3n) is 2.47. The maximum Gasteiger partial charge on any atom is 0.275 e. The van der Waals surface area contributed by atoms with Crippen molar-refractivity contribution in [2.75, 3.05) is 5.32 Å². The molecular formula is C13H9BrFN3O2. The van der Waals surface area contributed by atoms with Gasteiger partial charge < -0.3 is 11.1 Å². The number of nitrogens with one attached hydrogen (secondary N) is 1. The van der Waals surface area contributed by atoms with Gasteiger partial charge >= 0.3 is 0 Å². The maximum absolute atomic E-state index is 13.6. The first kappa shape index (κ1) is 14.1. The first-order valence-electron chi connectivity index (χ1n) is 5.50. The van der Waals surface area contributed by atoms with Gasteiger partial charge in [0.25, 0.3) is 5.91 Å². The largest absolute Gasteiger partial charge is 0.366 e. The molecule has 20 heavy (non-hydrogen) atoms. The van der Waals surface area contributed by atoms with Gasteiger partial charge in [0.15, 0.2) is 0 Å². The lowest BCUT2D eigenvalue weighted by molar-refractivity contribution is 0.0995. The number of primary amides is 1. The summed E-state index contributed by atoms with van der Waals surface area (Å²) in [6.07, 6.45) is 1.44. The molecule has 0 atom stereocenters. The van der Waals surface area contributed by atoms with E-state index in [1.54, 1.807) is 12.1 Å². The van der Waals surface area contributed by atoms with E-state index in [4.69, 9.17) is 5.73 Å². The van der Waals surface area contributed by atoms with Crippen molar-refractivity contribution in [3.8, 4) is 0 Å². The van der Waals surface area contributed by atoms with Gasteiger partial charge in [-0.15, -0.1) is 0 Å². The second kappa shape index (κ2) is 5.79. The molecule has 1 heterocycles. The van der Waals surface area contributed by atoms with Gasteiger partial charge in [0.1, 0.15) is 11.5 Å². The highest BCUT2D eigenvalue weighted by molar-refractivity contribution is 9.10. The highest BCUT2D eigenvalue weighted by atomic mass is 79.9. The van der Waals surface area contributed by atoms with Crippen molar-refractivity contribution >= 4 is 33.4 Å². The fraction of sp³-hybridized carbons (Fsp3) is 0. The first-order chi connectivity index (χ1) is 9.49. The number of hydrogen-bond acceptors (Lipinski definition) is 3. The van der Waals surface area contributed by atoms with Crippen LogP contribution in [0.25, 0.3) is 0 Å². The summed E-state index contributed by atoms with van der Waals surface area (Å²) >= 11 is 3.18. The number of anilines is 1. The SMILES string of the molecule is NC(=O)c1ccc(F)c(NC(=O)c2ncccc2Br)c1. The quantitative estimate of drug-likeness (QED) is 0.901. The smallest absolute Gasteiger partial charge is 0.275 e. The van der Waals surface area contributed by atoms with E-state index in [1.165, 1.54) is 18.3 Å². The molecule has 1 aromatic carbocycles. The lowest BCUT2D eigenvalue weighted by atomic mass is 10.2. The van der Waals surface area contributed by atoms with Crippen molar-refractivity contribution in [1.82, 2.24) is 4.98 Å². The minimum Gasteiger partial charge on any atom is -0.366 e. The van der Waals surface area contributed by atoms with Crippen LogP contribution in [0.2, 0.25) is 0 Å². The molecule has 0 aliphatic carbocycles. The second-order valence-corrected chi connectivity index (χ2v) is 4.70. The number of pyridine rings is 1.